The largest absolute Gasteiger partial charge is 0.491 e. The van der Waals surface area contributed by atoms with Crippen LogP contribution in [0.15, 0.2) is 47.5 Å². The summed E-state index contributed by atoms with van der Waals surface area (Å²) in [6.07, 6.45) is 2.07. The molecule has 0 unspecified atom stereocenters. The van der Waals surface area contributed by atoms with Gasteiger partial charge in [0.1, 0.15) is 16.3 Å². The third kappa shape index (κ3) is 4.77. The smallest absolute Gasteiger partial charge is 0.274 e. The van der Waals surface area contributed by atoms with Crippen LogP contribution >= 0.6 is 0 Å². The van der Waals surface area contributed by atoms with Crippen molar-refractivity contribution in [2.45, 2.75) is 31.3 Å². The molecule has 0 radical (unpaired) electrons. The molecular formula is C16H19N3O4S. The molecule has 0 saturated heterocycles. The lowest BCUT2D eigenvalue weighted by atomic mass is 10.2. The number of rotatable bonds is 6. The Balaban J connectivity index is 2.04. The highest BCUT2D eigenvalue weighted by atomic mass is 32.2. The molecule has 0 fully saturated rings. The van der Waals surface area contributed by atoms with Crippen molar-refractivity contribution in [3.8, 4) is 5.75 Å². The molecule has 7 nitrogen and oxygen atoms in total. The Kier molecular flexibility index (Phi) is 5.53. The predicted molar refractivity (Wildman–Crippen MR) is 90.4 cm³/mol. The molecule has 2 rings (SSSR count). The number of nitrogens with two attached hydrogens (primary N) is 1. The van der Waals surface area contributed by atoms with Crippen LogP contribution in [0, 0.1) is 0 Å². The first-order chi connectivity index (χ1) is 11.3. The van der Waals surface area contributed by atoms with Gasteiger partial charge in [-0.1, -0.05) is 6.92 Å². The Labute approximate surface area is 140 Å². The second-order valence-corrected chi connectivity index (χ2v) is 6.80. The highest BCUT2D eigenvalue weighted by Crippen LogP contribution is 2.18. The Bertz CT molecular complexity index is 802. The van der Waals surface area contributed by atoms with Crippen LogP contribution in [0.25, 0.3) is 0 Å². The average molecular weight is 349 g/mol. The van der Waals surface area contributed by atoms with E-state index in [2.05, 4.69) is 10.3 Å². The van der Waals surface area contributed by atoms with Crippen LogP contribution in [0.1, 0.15) is 30.8 Å². The molecule has 0 bridgehead atoms. The second-order valence-electron chi connectivity index (χ2n) is 5.24. The van der Waals surface area contributed by atoms with Gasteiger partial charge in [-0.15, -0.1) is 0 Å². The quantitative estimate of drug-likeness (QED) is 0.830. The maximum Gasteiger partial charge on any atom is 0.274 e. The number of ether oxygens (including phenoxy) is 1. The van der Waals surface area contributed by atoms with Crippen molar-refractivity contribution < 1.29 is 17.9 Å². The fourth-order valence-corrected chi connectivity index (χ4v) is 2.27. The van der Waals surface area contributed by atoms with Gasteiger partial charge in [0.05, 0.1) is 6.10 Å². The van der Waals surface area contributed by atoms with Crippen molar-refractivity contribution in [2.75, 3.05) is 5.32 Å². The molecule has 2 aromatic rings. The second kappa shape index (κ2) is 7.41. The lowest BCUT2D eigenvalue weighted by Gasteiger charge is -2.13. The van der Waals surface area contributed by atoms with Crippen molar-refractivity contribution in [3.63, 3.8) is 0 Å². The Morgan fingerprint density at radius 2 is 1.92 bits per heavy atom. The van der Waals surface area contributed by atoms with E-state index in [0.717, 1.165) is 18.4 Å². The number of amides is 1. The third-order valence-corrected chi connectivity index (χ3v) is 4.22. The van der Waals surface area contributed by atoms with Crippen LogP contribution in [-0.4, -0.2) is 25.4 Å². The minimum Gasteiger partial charge on any atom is -0.491 e. The van der Waals surface area contributed by atoms with E-state index >= 15 is 0 Å². The van der Waals surface area contributed by atoms with Crippen LogP contribution in [-0.2, 0) is 10.0 Å². The fourth-order valence-electron chi connectivity index (χ4n) is 1.81. The van der Waals surface area contributed by atoms with Crippen LogP contribution in [0.4, 0.5) is 5.69 Å². The molecule has 0 spiro atoms. The van der Waals surface area contributed by atoms with E-state index in [1.165, 1.54) is 12.1 Å². The monoisotopic (exact) mass is 349 g/mol. The number of primary sulfonamides is 1. The minimum atomic E-state index is -3.83. The molecule has 3 N–H and O–H groups in total. The Hall–Kier alpha value is -2.45. The number of pyridine rings is 1. The highest BCUT2D eigenvalue weighted by Gasteiger charge is 2.12. The first kappa shape index (κ1) is 17.9. The van der Waals surface area contributed by atoms with E-state index in [1.807, 2.05) is 13.8 Å². The van der Waals surface area contributed by atoms with E-state index in [1.54, 1.807) is 24.3 Å². The van der Waals surface area contributed by atoms with Gasteiger partial charge in [0.2, 0.25) is 10.0 Å². The maximum atomic E-state index is 12.1. The molecule has 1 heterocycles. The zero-order chi connectivity index (χ0) is 17.7. The first-order valence-corrected chi connectivity index (χ1v) is 8.91. The molecule has 1 aromatic heterocycles. The molecule has 24 heavy (non-hydrogen) atoms. The molecule has 128 valence electrons. The topological polar surface area (TPSA) is 111 Å². The van der Waals surface area contributed by atoms with E-state index in [-0.39, 0.29) is 16.7 Å². The molecule has 8 heteroatoms. The lowest BCUT2D eigenvalue weighted by molar-refractivity contribution is 0.102. The summed E-state index contributed by atoms with van der Waals surface area (Å²) in [5, 5.41) is 7.66. The molecule has 0 aliphatic heterocycles. The lowest BCUT2D eigenvalue weighted by Crippen LogP contribution is -2.16. The van der Waals surface area contributed by atoms with E-state index < -0.39 is 15.9 Å². The summed E-state index contributed by atoms with van der Waals surface area (Å²) < 4.78 is 28.0. The summed E-state index contributed by atoms with van der Waals surface area (Å²) in [5.41, 5.74) is 0.663. The standard InChI is InChI=1S/C16H19N3O4S/c1-3-11(2)23-13-6-4-12(5-7-13)19-16(20)15-9-8-14(10-18-15)24(17,21)22/h4-11H,3H2,1-2H3,(H,19,20)(H2,17,21,22)/t11-/m1/s1. The fraction of sp³-hybridized carbons (Fsp3) is 0.250. The zero-order valence-corrected chi connectivity index (χ0v) is 14.2. The summed E-state index contributed by atoms with van der Waals surface area (Å²) >= 11 is 0. The predicted octanol–water partition coefficient (Wildman–Crippen LogP) is 2.16. The van der Waals surface area contributed by atoms with Crippen molar-refractivity contribution in [2.24, 2.45) is 5.14 Å². The van der Waals surface area contributed by atoms with Crippen molar-refractivity contribution in [3.05, 3.63) is 48.3 Å². The number of benzene rings is 1. The number of hydrogen-bond acceptors (Lipinski definition) is 5. The van der Waals surface area contributed by atoms with Gasteiger partial charge in [0.15, 0.2) is 0 Å². The SMILES string of the molecule is CC[C@@H](C)Oc1ccc(NC(=O)c2ccc(S(N)(=O)=O)cn2)cc1. The average Bonchev–Trinajstić information content (AvgIpc) is 2.55. The van der Waals surface area contributed by atoms with Crippen LogP contribution in [0.2, 0.25) is 0 Å². The normalized spacial score (nSPS) is 12.5. The van der Waals surface area contributed by atoms with Crippen LogP contribution in [0.3, 0.4) is 0 Å². The van der Waals surface area contributed by atoms with E-state index in [4.69, 9.17) is 9.88 Å². The van der Waals surface area contributed by atoms with Gasteiger partial charge in [-0.3, -0.25) is 4.79 Å². The summed E-state index contributed by atoms with van der Waals surface area (Å²) in [5.74, 6) is 0.268. The number of anilines is 1. The number of nitrogens with zero attached hydrogens (tertiary/aromatic N) is 1. The van der Waals surface area contributed by atoms with Crippen molar-refractivity contribution >= 4 is 21.6 Å². The zero-order valence-electron chi connectivity index (χ0n) is 13.4. The Morgan fingerprint density at radius 1 is 1.25 bits per heavy atom. The molecule has 0 saturated carbocycles. The number of nitrogens with one attached hydrogen (secondary N) is 1. The number of sulfonamides is 1. The number of carbonyl (C=O) groups excluding carboxylic acids is 1. The van der Waals surface area contributed by atoms with E-state index in [9.17, 15) is 13.2 Å². The van der Waals surface area contributed by atoms with Gasteiger partial charge in [-0.2, -0.15) is 0 Å². The molecule has 0 aliphatic rings. The number of hydrogen-bond donors (Lipinski definition) is 2. The van der Waals surface area contributed by atoms with Crippen molar-refractivity contribution in [1.29, 1.82) is 0 Å². The van der Waals surface area contributed by atoms with Gasteiger partial charge in [-0.25, -0.2) is 18.5 Å². The van der Waals surface area contributed by atoms with Gasteiger partial charge >= 0.3 is 0 Å². The molecule has 1 atom stereocenters. The summed E-state index contributed by atoms with van der Waals surface area (Å²) in [6, 6.07) is 9.50. The van der Waals surface area contributed by atoms with Crippen LogP contribution < -0.4 is 15.2 Å². The maximum absolute atomic E-state index is 12.1. The summed E-state index contributed by atoms with van der Waals surface area (Å²) in [7, 11) is -3.83. The highest BCUT2D eigenvalue weighted by molar-refractivity contribution is 7.89. The number of aromatic nitrogens is 1. The van der Waals surface area contributed by atoms with Gasteiger partial charge in [-0.05, 0) is 49.7 Å². The third-order valence-electron chi connectivity index (χ3n) is 3.32. The minimum absolute atomic E-state index is 0.0855. The molecule has 0 aliphatic carbocycles. The molecular weight excluding hydrogens is 330 g/mol. The molecule has 1 aromatic carbocycles. The molecule has 1 amide bonds. The summed E-state index contributed by atoms with van der Waals surface area (Å²) in [6.45, 7) is 4.01. The Morgan fingerprint density at radius 3 is 2.42 bits per heavy atom. The summed E-state index contributed by atoms with van der Waals surface area (Å²) in [4.78, 5) is 15.8. The van der Waals surface area contributed by atoms with E-state index in [0.29, 0.717) is 5.69 Å². The first-order valence-electron chi connectivity index (χ1n) is 7.36. The van der Waals surface area contributed by atoms with Gasteiger partial charge < -0.3 is 10.1 Å². The number of carbonyl (C=O) groups is 1. The van der Waals surface area contributed by atoms with Crippen molar-refractivity contribution in [1.82, 2.24) is 4.98 Å². The van der Waals surface area contributed by atoms with Crippen LogP contribution in [0.5, 0.6) is 5.75 Å². The van der Waals surface area contributed by atoms with Gasteiger partial charge in [0.25, 0.3) is 5.91 Å². The van der Waals surface area contributed by atoms with Gasteiger partial charge in [0, 0.05) is 11.9 Å².